The van der Waals surface area contributed by atoms with Crippen LogP contribution in [0, 0.1) is 6.92 Å². The molecule has 0 fully saturated rings. The summed E-state index contributed by atoms with van der Waals surface area (Å²) in [5, 5.41) is 2.76. The Labute approximate surface area is 116 Å². The minimum atomic E-state index is -0.734. The lowest BCUT2D eigenvalue weighted by molar-refractivity contribution is -0.148. The van der Waals surface area contributed by atoms with Gasteiger partial charge in [-0.1, -0.05) is 0 Å². The Morgan fingerprint density at radius 1 is 1.53 bits per heavy atom. The number of rotatable bonds is 4. The second-order valence-corrected chi connectivity index (χ2v) is 5.63. The highest BCUT2D eigenvalue weighted by atomic mass is 32.1. The maximum atomic E-state index is 12.0. The first-order valence-corrected chi connectivity index (χ1v) is 7.02. The normalized spacial score (nSPS) is 11.6. The first kappa shape index (κ1) is 13.8. The standard InChI is InChI=1S/C14H17NO3S/c1-5-17-13(16)14(3,4)11-8-19-12(15-11)10-6-7-18-9(10)2/h6-8H,5H2,1-4H3. The van der Waals surface area contributed by atoms with E-state index in [4.69, 9.17) is 9.15 Å². The van der Waals surface area contributed by atoms with Crippen molar-refractivity contribution in [2.75, 3.05) is 6.61 Å². The maximum Gasteiger partial charge on any atom is 0.317 e. The van der Waals surface area contributed by atoms with Crippen molar-refractivity contribution in [1.82, 2.24) is 4.98 Å². The van der Waals surface area contributed by atoms with E-state index >= 15 is 0 Å². The summed E-state index contributed by atoms with van der Waals surface area (Å²) < 4.78 is 10.4. The second-order valence-electron chi connectivity index (χ2n) is 4.77. The second kappa shape index (κ2) is 5.17. The fraction of sp³-hybridized carbons (Fsp3) is 0.429. The lowest BCUT2D eigenvalue weighted by atomic mass is 9.90. The van der Waals surface area contributed by atoms with Crippen molar-refractivity contribution in [2.45, 2.75) is 33.1 Å². The molecular formula is C14H17NO3S. The Bertz CT molecular complexity index is 583. The lowest BCUT2D eigenvalue weighted by Gasteiger charge is -2.19. The summed E-state index contributed by atoms with van der Waals surface area (Å²) >= 11 is 1.50. The van der Waals surface area contributed by atoms with E-state index in [0.717, 1.165) is 22.0 Å². The summed E-state index contributed by atoms with van der Waals surface area (Å²) in [7, 11) is 0. The van der Waals surface area contributed by atoms with Crippen LogP contribution in [-0.2, 0) is 14.9 Å². The third-order valence-electron chi connectivity index (χ3n) is 3.02. The Morgan fingerprint density at radius 3 is 2.84 bits per heavy atom. The van der Waals surface area contributed by atoms with Crippen molar-refractivity contribution in [3.8, 4) is 10.6 Å². The molecule has 0 unspecified atom stereocenters. The monoisotopic (exact) mass is 279 g/mol. The predicted molar refractivity (Wildman–Crippen MR) is 74.2 cm³/mol. The molecule has 0 aromatic carbocycles. The van der Waals surface area contributed by atoms with E-state index in [0.29, 0.717) is 6.61 Å². The van der Waals surface area contributed by atoms with E-state index in [2.05, 4.69) is 4.98 Å². The van der Waals surface area contributed by atoms with Crippen molar-refractivity contribution in [1.29, 1.82) is 0 Å². The minimum Gasteiger partial charge on any atom is -0.469 e. The van der Waals surface area contributed by atoms with Crippen LogP contribution in [0.2, 0.25) is 0 Å². The van der Waals surface area contributed by atoms with Crippen LogP contribution in [0.25, 0.3) is 10.6 Å². The average molecular weight is 279 g/mol. The van der Waals surface area contributed by atoms with E-state index in [1.54, 1.807) is 13.2 Å². The van der Waals surface area contributed by atoms with Gasteiger partial charge in [0.05, 0.1) is 24.1 Å². The molecule has 0 saturated heterocycles. The highest BCUT2D eigenvalue weighted by Gasteiger charge is 2.34. The maximum absolute atomic E-state index is 12.0. The van der Waals surface area contributed by atoms with E-state index in [1.807, 2.05) is 32.2 Å². The molecule has 2 rings (SSSR count). The number of nitrogens with zero attached hydrogens (tertiary/aromatic N) is 1. The zero-order valence-corrected chi connectivity index (χ0v) is 12.3. The minimum absolute atomic E-state index is 0.254. The number of esters is 1. The number of aromatic nitrogens is 1. The Balaban J connectivity index is 2.31. The molecule has 2 aromatic heterocycles. The van der Waals surface area contributed by atoms with Crippen LogP contribution in [0.3, 0.4) is 0 Å². The molecule has 2 aromatic rings. The molecule has 0 aliphatic carbocycles. The number of carbonyl (C=O) groups excluding carboxylic acids is 1. The van der Waals surface area contributed by atoms with E-state index < -0.39 is 5.41 Å². The molecule has 4 nitrogen and oxygen atoms in total. The fourth-order valence-electron chi connectivity index (χ4n) is 1.71. The molecule has 0 radical (unpaired) electrons. The zero-order valence-electron chi connectivity index (χ0n) is 11.5. The van der Waals surface area contributed by atoms with Crippen molar-refractivity contribution in [3.05, 3.63) is 29.2 Å². The third kappa shape index (κ3) is 2.56. The molecule has 0 aliphatic rings. The van der Waals surface area contributed by atoms with Gasteiger partial charge in [0, 0.05) is 5.38 Å². The van der Waals surface area contributed by atoms with Crippen molar-refractivity contribution < 1.29 is 13.9 Å². The third-order valence-corrected chi connectivity index (χ3v) is 3.90. The predicted octanol–water partition coefficient (Wildman–Crippen LogP) is 3.55. The van der Waals surface area contributed by atoms with Crippen molar-refractivity contribution in [3.63, 3.8) is 0 Å². The van der Waals surface area contributed by atoms with Gasteiger partial charge in [0.2, 0.25) is 0 Å². The summed E-state index contributed by atoms with van der Waals surface area (Å²) in [4.78, 5) is 16.5. The van der Waals surface area contributed by atoms with Crippen LogP contribution < -0.4 is 0 Å². The van der Waals surface area contributed by atoms with Gasteiger partial charge in [0.1, 0.15) is 16.2 Å². The summed E-state index contributed by atoms with van der Waals surface area (Å²) in [6.45, 7) is 7.72. The summed E-state index contributed by atoms with van der Waals surface area (Å²) in [5.74, 6) is 0.575. The number of aryl methyl sites for hydroxylation is 1. The number of hydrogen-bond donors (Lipinski definition) is 0. The first-order valence-electron chi connectivity index (χ1n) is 6.14. The topological polar surface area (TPSA) is 52.3 Å². The van der Waals surface area contributed by atoms with Gasteiger partial charge in [0.15, 0.2) is 0 Å². The molecule has 0 bridgehead atoms. The SMILES string of the molecule is CCOC(=O)C(C)(C)c1csc(-c2ccoc2C)n1. The van der Waals surface area contributed by atoms with Crippen LogP contribution in [0.1, 0.15) is 32.2 Å². The smallest absolute Gasteiger partial charge is 0.317 e. The fourth-order valence-corrected chi connectivity index (χ4v) is 2.77. The van der Waals surface area contributed by atoms with Gasteiger partial charge in [-0.3, -0.25) is 4.79 Å². The van der Waals surface area contributed by atoms with Gasteiger partial charge in [-0.25, -0.2) is 4.98 Å². The largest absolute Gasteiger partial charge is 0.469 e. The molecule has 0 spiro atoms. The molecule has 0 N–H and O–H groups in total. The zero-order chi connectivity index (χ0) is 14.0. The van der Waals surface area contributed by atoms with Crippen molar-refractivity contribution in [2.24, 2.45) is 0 Å². The van der Waals surface area contributed by atoms with Gasteiger partial charge < -0.3 is 9.15 Å². The Kier molecular flexibility index (Phi) is 3.75. The number of thiazole rings is 1. The van der Waals surface area contributed by atoms with E-state index in [-0.39, 0.29) is 5.97 Å². The molecule has 5 heteroatoms. The quantitative estimate of drug-likeness (QED) is 0.803. The van der Waals surface area contributed by atoms with Gasteiger partial charge in [0.25, 0.3) is 0 Å². The van der Waals surface area contributed by atoms with Gasteiger partial charge in [-0.2, -0.15) is 0 Å². The summed E-state index contributed by atoms with van der Waals surface area (Å²) in [6, 6.07) is 1.88. The van der Waals surface area contributed by atoms with Crippen LogP contribution in [0.4, 0.5) is 0 Å². The highest BCUT2D eigenvalue weighted by molar-refractivity contribution is 7.13. The molecule has 0 amide bonds. The first-order chi connectivity index (χ1) is 8.96. The molecule has 2 heterocycles. The van der Waals surface area contributed by atoms with E-state index in [1.165, 1.54) is 11.3 Å². The molecule has 19 heavy (non-hydrogen) atoms. The number of ether oxygens (including phenoxy) is 1. The molecular weight excluding hydrogens is 262 g/mol. The van der Waals surface area contributed by atoms with Gasteiger partial charge in [-0.15, -0.1) is 11.3 Å². The number of furan rings is 1. The Hall–Kier alpha value is -1.62. The van der Waals surface area contributed by atoms with Gasteiger partial charge >= 0.3 is 5.97 Å². The highest BCUT2D eigenvalue weighted by Crippen LogP contribution is 2.32. The van der Waals surface area contributed by atoms with Gasteiger partial charge in [-0.05, 0) is 33.8 Å². The van der Waals surface area contributed by atoms with Crippen LogP contribution in [-0.4, -0.2) is 17.6 Å². The number of hydrogen-bond acceptors (Lipinski definition) is 5. The Morgan fingerprint density at radius 2 is 2.26 bits per heavy atom. The summed E-state index contributed by atoms with van der Waals surface area (Å²) in [6.07, 6.45) is 1.64. The molecule has 102 valence electrons. The van der Waals surface area contributed by atoms with E-state index in [9.17, 15) is 4.79 Å². The molecule has 0 saturated carbocycles. The van der Waals surface area contributed by atoms with Crippen LogP contribution in [0.5, 0.6) is 0 Å². The summed E-state index contributed by atoms with van der Waals surface area (Å²) in [5.41, 5.74) is 0.963. The molecule has 0 aliphatic heterocycles. The average Bonchev–Trinajstić information content (AvgIpc) is 2.97. The molecule has 0 atom stereocenters. The van der Waals surface area contributed by atoms with Crippen LogP contribution in [0.15, 0.2) is 22.1 Å². The lowest BCUT2D eigenvalue weighted by Crippen LogP contribution is -2.31. The van der Waals surface area contributed by atoms with Crippen LogP contribution >= 0.6 is 11.3 Å². The number of carbonyl (C=O) groups is 1. The van der Waals surface area contributed by atoms with Crippen molar-refractivity contribution >= 4 is 17.3 Å².